The minimum Gasteiger partial charge on any atom is -0.394 e. The van der Waals surface area contributed by atoms with Gasteiger partial charge in [-0.25, -0.2) is 0 Å². The molecule has 4 nitrogen and oxygen atoms in total. The summed E-state index contributed by atoms with van der Waals surface area (Å²) >= 11 is 0. The number of guanidine groups is 1. The molecule has 0 amide bonds. The highest BCUT2D eigenvalue weighted by molar-refractivity contribution is 5.78. The first-order valence-electron chi connectivity index (χ1n) is 4.47. The number of nitrogens with two attached hydrogens (primary N) is 1. The van der Waals surface area contributed by atoms with Gasteiger partial charge in [-0.3, -0.25) is 4.99 Å². The first kappa shape index (κ1) is 9.32. The Kier molecular flexibility index (Phi) is 3.34. The number of hydrogen-bond donors (Lipinski definition) is 3. The lowest BCUT2D eigenvalue weighted by Gasteiger charge is -2.13. The molecule has 12 heavy (non-hydrogen) atoms. The van der Waals surface area contributed by atoms with E-state index in [4.69, 9.17) is 10.8 Å². The lowest BCUT2D eigenvalue weighted by Crippen LogP contribution is -2.41. The molecule has 0 aliphatic heterocycles. The van der Waals surface area contributed by atoms with Crippen LogP contribution in [0.15, 0.2) is 4.99 Å². The third-order valence-electron chi connectivity index (χ3n) is 1.93. The second-order valence-corrected chi connectivity index (χ2v) is 3.18. The fourth-order valence-electron chi connectivity index (χ4n) is 0.924. The van der Waals surface area contributed by atoms with E-state index in [1.165, 1.54) is 0 Å². The molecule has 70 valence electrons. The van der Waals surface area contributed by atoms with E-state index in [-0.39, 0.29) is 12.6 Å². The number of nitrogens with zero attached hydrogens (tertiary/aromatic N) is 1. The molecule has 1 unspecified atom stereocenters. The third-order valence-corrected chi connectivity index (χ3v) is 1.93. The number of nitrogens with one attached hydrogen (secondary N) is 1. The van der Waals surface area contributed by atoms with Gasteiger partial charge in [0.1, 0.15) is 0 Å². The minimum absolute atomic E-state index is 0.0486. The van der Waals surface area contributed by atoms with Crippen molar-refractivity contribution in [3.63, 3.8) is 0 Å². The van der Waals surface area contributed by atoms with Crippen LogP contribution >= 0.6 is 0 Å². The summed E-state index contributed by atoms with van der Waals surface area (Å²) < 4.78 is 0. The minimum atomic E-state index is 0.0486. The van der Waals surface area contributed by atoms with Crippen LogP contribution in [0.1, 0.15) is 26.2 Å². The molecule has 1 saturated carbocycles. The first-order chi connectivity index (χ1) is 5.76. The van der Waals surface area contributed by atoms with Crippen molar-refractivity contribution in [1.29, 1.82) is 0 Å². The second-order valence-electron chi connectivity index (χ2n) is 3.18. The van der Waals surface area contributed by atoms with Gasteiger partial charge in [0.2, 0.25) is 0 Å². The van der Waals surface area contributed by atoms with Crippen molar-refractivity contribution >= 4 is 5.96 Å². The van der Waals surface area contributed by atoms with E-state index in [2.05, 4.69) is 10.3 Å². The van der Waals surface area contributed by atoms with Gasteiger partial charge in [-0.1, -0.05) is 6.92 Å². The van der Waals surface area contributed by atoms with Gasteiger partial charge >= 0.3 is 0 Å². The molecule has 1 fully saturated rings. The van der Waals surface area contributed by atoms with E-state index in [1.807, 2.05) is 6.92 Å². The summed E-state index contributed by atoms with van der Waals surface area (Å²) in [6.45, 7) is 2.11. The lowest BCUT2D eigenvalue weighted by atomic mass is 10.2. The van der Waals surface area contributed by atoms with Crippen LogP contribution in [0.25, 0.3) is 0 Å². The standard InChI is InChI=1S/C8H17N3O/c1-2-6(5-12)10-8(9)11-7-3-4-7/h6-7,12H,2-5H2,1H3,(H3,9,10,11). The summed E-state index contributed by atoms with van der Waals surface area (Å²) in [6.07, 6.45) is 3.16. The van der Waals surface area contributed by atoms with Crippen LogP contribution in [0.3, 0.4) is 0 Å². The largest absolute Gasteiger partial charge is 0.394 e. The van der Waals surface area contributed by atoms with Crippen LogP contribution in [-0.2, 0) is 0 Å². The fourth-order valence-corrected chi connectivity index (χ4v) is 0.924. The smallest absolute Gasteiger partial charge is 0.189 e. The highest BCUT2D eigenvalue weighted by Gasteiger charge is 2.20. The van der Waals surface area contributed by atoms with Gasteiger partial charge < -0.3 is 16.2 Å². The zero-order chi connectivity index (χ0) is 8.97. The molecule has 1 atom stereocenters. The monoisotopic (exact) mass is 171 g/mol. The average Bonchev–Trinajstić information content (AvgIpc) is 2.84. The Morgan fingerprint density at radius 1 is 1.75 bits per heavy atom. The molecule has 0 aromatic rings. The predicted molar refractivity (Wildman–Crippen MR) is 48.9 cm³/mol. The molecule has 4 N–H and O–H groups in total. The van der Waals surface area contributed by atoms with Crippen LogP contribution in [0.2, 0.25) is 0 Å². The van der Waals surface area contributed by atoms with Crippen molar-refractivity contribution in [2.75, 3.05) is 6.61 Å². The summed E-state index contributed by atoms with van der Waals surface area (Å²) in [5.74, 6) is 0.471. The zero-order valence-corrected chi connectivity index (χ0v) is 7.45. The van der Waals surface area contributed by atoms with Crippen LogP contribution < -0.4 is 11.1 Å². The molecule has 0 aromatic heterocycles. The lowest BCUT2D eigenvalue weighted by molar-refractivity contribution is 0.252. The second kappa shape index (κ2) is 4.30. The molecule has 0 saturated heterocycles. The maximum absolute atomic E-state index is 8.85. The Morgan fingerprint density at radius 2 is 2.42 bits per heavy atom. The van der Waals surface area contributed by atoms with Gasteiger partial charge in [0, 0.05) is 0 Å². The summed E-state index contributed by atoms with van der Waals surface area (Å²) in [5, 5.41) is 11.8. The molecular formula is C8H17N3O. The molecule has 0 heterocycles. The molecule has 0 bridgehead atoms. The summed E-state index contributed by atoms with van der Waals surface area (Å²) in [4.78, 5) is 4.20. The van der Waals surface area contributed by atoms with E-state index < -0.39 is 0 Å². The van der Waals surface area contributed by atoms with E-state index in [9.17, 15) is 0 Å². The van der Waals surface area contributed by atoms with Crippen molar-refractivity contribution in [2.24, 2.45) is 10.7 Å². The number of hydrogen-bond acceptors (Lipinski definition) is 2. The van der Waals surface area contributed by atoms with Gasteiger partial charge in [0.05, 0.1) is 18.7 Å². The average molecular weight is 171 g/mol. The Bertz CT molecular complexity index is 162. The molecule has 1 aliphatic rings. The highest BCUT2D eigenvalue weighted by Crippen LogP contribution is 2.22. The van der Waals surface area contributed by atoms with Gasteiger partial charge in [-0.05, 0) is 19.3 Å². The topological polar surface area (TPSA) is 70.6 Å². The van der Waals surface area contributed by atoms with Gasteiger partial charge in [-0.15, -0.1) is 0 Å². The molecular weight excluding hydrogens is 154 g/mol. The Morgan fingerprint density at radius 3 is 2.83 bits per heavy atom. The van der Waals surface area contributed by atoms with Crippen LogP contribution in [0.5, 0.6) is 0 Å². The molecule has 0 spiro atoms. The maximum atomic E-state index is 8.85. The Labute approximate surface area is 72.9 Å². The van der Waals surface area contributed by atoms with Gasteiger partial charge in [-0.2, -0.15) is 0 Å². The normalized spacial score (nSPS) is 20.7. The molecule has 4 heteroatoms. The van der Waals surface area contributed by atoms with Crippen molar-refractivity contribution in [3.8, 4) is 0 Å². The highest BCUT2D eigenvalue weighted by atomic mass is 16.3. The molecule has 1 aliphatic carbocycles. The van der Waals surface area contributed by atoms with Crippen LogP contribution in [0.4, 0.5) is 0 Å². The predicted octanol–water partition coefficient (Wildman–Crippen LogP) is -0.176. The summed E-state index contributed by atoms with van der Waals surface area (Å²) in [7, 11) is 0. The van der Waals surface area contributed by atoms with Crippen molar-refractivity contribution in [3.05, 3.63) is 0 Å². The van der Waals surface area contributed by atoms with Crippen LogP contribution in [-0.4, -0.2) is 29.8 Å². The summed E-state index contributed by atoms with van der Waals surface area (Å²) in [5.41, 5.74) is 5.59. The quantitative estimate of drug-likeness (QED) is 0.406. The van der Waals surface area contributed by atoms with E-state index in [1.54, 1.807) is 0 Å². The summed E-state index contributed by atoms with van der Waals surface area (Å²) in [6, 6.07) is 0.487. The molecule has 1 rings (SSSR count). The van der Waals surface area contributed by atoms with E-state index in [0.717, 1.165) is 19.3 Å². The number of aliphatic hydroxyl groups is 1. The third kappa shape index (κ3) is 3.09. The van der Waals surface area contributed by atoms with Crippen molar-refractivity contribution < 1.29 is 5.11 Å². The Hall–Kier alpha value is -0.770. The molecule has 0 aromatic carbocycles. The van der Waals surface area contributed by atoms with Crippen molar-refractivity contribution in [1.82, 2.24) is 5.32 Å². The fraction of sp³-hybridized carbons (Fsp3) is 0.875. The molecule has 0 radical (unpaired) electrons. The van der Waals surface area contributed by atoms with E-state index >= 15 is 0 Å². The SMILES string of the molecule is CCC(CO)NC(N)=NC1CC1. The van der Waals surface area contributed by atoms with Gasteiger partial charge in [0.15, 0.2) is 5.96 Å². The van der Waals surface area contributed by atoms with E-state index in [0.29, 0.717) is 12.0 Å². The Balaban J connectivity index is 2.26. The van der Waals surface area contributed by atoms with Crippen molar-refractivity contribution in [2.45, 2.75) is 38.3 Å². The number of aliphatic imine (C=N–C) groups is 1. The number of rotatable bonds is 4. The van der Waals surface area contributed by atoms with Gasteiger partial charge in [0.25, 0.3) is 0 Å². The maximum Gasteiger partial charge on any atom is 0.189 e. The zero-order valence-electron chi connectivity index (χ0n) is 7.45. The number of aliphatic hydroxyl groups excluding tert-OH is 1. The first-order valence-corrected chi connectivity index (χ1v) is 4.47. The van der Waals surface area contributed by atoms with Crippen LogP contribution in [0, 0.1) is 0 Å².